The monoisotopic (exact) mass is 229 g/mol. The van der Waals surface area contributed by atoms with E-state index in [1.54, 1.807) is 6.20 Å². The number of rotatable bonds is 3. The summed E-state index contributed by atoms with van der Waals surface area (Å²) in [6, 6.07) is 8.08. The maximum atomic E-state index is 11.8. The van der Waals surface area contributed by atoms with Gasteiger partial charge < -0.3 is 5.32 Å². The molecule has 4 heteroatoms. The zero-order chi connectivity index (χ0) is 12.3. The number of hydrogen-bond donors (Lipinski definition) is 2. The summed E-state index contributed by atoms with van der Waals surface area (Å²) in [6.45, 7) is 4.41. The molecule has 2 aromatic rings. The predicted molar refractivity (Wildman–Crippen MR) is 65.7 cm³/mol. The molecule has 0 saturated carbocycles. The lowest BCUT2D eigenvalue weighted by atomic mass is 10.1. The fourth-order valence-electron chi connectivity index (χ4n) is 1.55. The van der Waals surface area contributed by atoms with E-state index in [-0.39, 0.29) is 5.91 Å². The van der Waals surface area contributed by atoms with E-state index in [1.807, 2.05) is 38.1 Å². The highest BCUT2D eigenvalue weighted by Crippen LogP contribution is 2.04. The lowest BCUT2D eigenvalue weighted by Crippen LogP contribution is -2.23. The van der Waals surface area contributed by atoms with Gasteiger partial charge in [-0.3, -0.25) is 9.89 Å². The fourth-order valence-corrected chi connectivity index (χ4v) is 1.55. The highest BCUT2D eigenvalue weighted by atomic mass is 16.1. The number of carbonyl (C=O) groups is 1. The quantitative estimate of drug-likeness (QED) is 0.845. The third-order valence-electron chi connectivity index (χ3n) is 2.63. The van der Waals surface area contributed by atoms with Crippen molar-refractivity contribution in [1.29, 1.82) is 0 Å². The molecule has 0 aliphatic rings. The molecule has 2 N–H and O–H groups in total. The van der Waals surface area contributed by atoms with Crippen LogP contribution in [-0.4, -0.2) is 16.1 Å². The van der Waals surface area contributed by atoms with Crippen molar-refractivity contribution in [2.24, 2.45) is 0 Å². The second-order valence-electron chi connectivity index (χ2n) is 4.10. The van der Waals surface area contributed by atoms with E-state index in [0.29, 0.717) is 12.2 Å². The summed E-state index contributed by atoms with van der Waals surface area (Å²) in [5.74, 6) is -0.124. The first-order chi connectivity index (χ1) is 8.16. The normalized spacial score (nSPS) is 10.2. The van der Waals surface area contributed by atoms with Crippen molar-refractivity contribution in [2.75, 3.05) is 0 Å². The SMILES string of the molecule is Cc1ccc(CNC(=O)c2[nH]ncc2C)cc1. The number of aryl methyl sites for hydroxylation is 2. The van der Waals surface area contributed by atoms with E-state index in [1.165, 1.54) is 5.56 Å². The summed E-state index contributed by atoms with van der Waals surface area (Å²) in [4.78, 5) is 11.8. The van der Waals surface area contributed by atoms with Gasteiger partial charge in [0, 0.05) is 6.54 Å². The van der Waals surface area contributed by atoms with Crippen LogP contribution in [0.5, 0.6) is 0 Å². The van der Waals surface area contributed by atoms with Crippen LogP contribution in [0, 0.1) is 13.8 Å². The molecule has 0 radical (unpaired) electrons. The molecular formula is C13H15N3O. The number of H-pyrrole nitrogens is 1. The van der Waals surface area contributed by atoms with E-state index in [4.69, 9.17) is 0 Å². The molecule has 1 aromatic carbocycles. The number of nitrogens with one attached hydrogen (secondary N) is 2. The van der Waals surface area contributed by atoms with Crippen molar-refractivity contribution in [1.82, 2.24) is 15.5 Å². The van der Waals surface area contributed by atoms with Crippen LogP contribution in [-0.2, 0) is 6.54 Å². The van der Waals surface area contributed by atoms with E-state index in [0.717, 1.165) is 11.1 Å². The second kappa shape index (κ2) is 4.82. The lowest BCUT2D eigenvalue weighted by Gasteiger charge is -2.04. The van der Waals surface area contributed by atoms with Gasteiger partial charge in [-0.25, -0.2) is 0 Å². The Hall–Kier alpha value is -2.10. The van der Waals surface area contributed by atoms with E-state index < -0.39 is 0 Å². The topological polar surface area (TPSA) is 57.8 Å². The van der Waals surface area contributed by atoms with Crippen LogP contribution in [0.2, 0.25) is 0 Å². The van der Waals surface area contributed by atoms with Gasteiger partial charge in [-0.05, 0) is 25.0 Å². The number of aromatic amines is 1. The van der Waals surface area contributed by atoms with Crippen LogP contribution in [0.15, 0.2) is 30.5 Å². The second-order valence-corrected chi connectivity index (χ2v) is 4.10. The third-order valence-corrected chi connectivity index (χ3v) is 2.63. The summed E-state index contributed by atoms with van der Waals surface area (Å²) < 4.78 is 0. The van der Waals surface area contributed by atoms with Gasteiger partial charge in [-0.2, -0.15) is 5.10 Å². The van der Waals surface area contributed by atoms with Gasteiger partial charge in [-0.15, -0.1) is 0 Å². The zero-order valence-electron chi connectivity index (χ0n) is 9.95. The minimum Gasteiger partial charge on any atom is -0.347 e. The molecule has 0 aliphatic carbocycles. The summed E-state index contributed by atoms with van der Waals surface area (Å²) in [5, 5.41) is 9.36. The first kappa shape index (κ1) is 11.4. The number of nitrogens with zero attached hydrogens (tertiary/aromatic N) is 1. The van der Waals surface area contributed by atoms with Gasteiger partial charge in [0.1, 0.15) is 5.69 Å². The van der Waals surface area contributed by atoms with Gasteiger partial charge >= 0.3 is 0 Å². The Morgan fingerprint density at radius 3 is 2.59 bits per heavy atom. The van der Waals surface area contributed by atoms with E-state index in [2.05, 4.69) is 15.5 Å². The zero-order valence-corrected chi connectivity index (χ0v) is 9.95. The van der Waals surface area contributed by atoms with Crippen molar-refractivity contribution >= 4 is 5.91 Å². The Labute approximate surface area is 100 Å². The molecular weight excluding hydrogens is 214 g/mol. The maximum Gasteiger partial charge on any atom is 0.269 e. The van der Waals surface area contributed by atoms with Crippen molar-refractivity contribution in [2.45, 2.75) is 20.4 Å². The Bertz CT molecular complexity index is 514. The molecule has 1 heterocycles. The maximum absolute atomic E-state index is 11.8. The minimum absolute atomic E-state index is 0.124. The van der Waals surface area contributed by atoms with E-state index in [9.17, 15) is 4.79 Å². The molecule has 1 aromatic heterocycles. The number of amides is 1. The number of carbonyl (C=O) groups excluding carboxylic acids is 1. The first-order valence-corrected chi connectivity index (χ1v) is 5.50. The molecule has 0 aliphatic heterocycles. The van der Waals surface area contributed by atoms with Crippen LogP contribution in [0.3, 0.4) is 0 Å². The van der Waals surface area contributed by atoms with Crippen molar-refractivity contribution in [3.63, 3.8) is 0 Å². The van der Waals surface area contributed by atoms with Crippen LogP contribution in [0.25, 0.3) is 0 Å². The van der Waals surface area contributed by atoms with Crippen molar-refractivity contribution < 1.29 is 4.79 Å². The number of benzene rings is 1. The van der Waals surface area contributed by atoms with Crippen LogP contribution in [0.1, 0.15) is 27.2 Å². The molecule has 0 atom stereocenters. The molecule has 0 saturated heterocycles. The molecule has 0 bridgehead atoms. The van der Waals surface area contributed by atoms with Crippen LogP contribution < -0.4 is 5.32 Å². The van der Waals surface area contributed by atoms with Crippen molar-refractivity contribution in [3.8, 4) is 0 Å². The smallest absolute Gasteiger partial charge is 0.269 e. The first-order valence-electron chi connectivity index (χ1n) is 5.50. The largest absolute Gasteiger partial charge is 0.347 e. The number of hydrogen-bond acceptors (Lipinski definition) is 2. The van der Waals surface area contributed by atoms with Gasteiger partial charge in [0.15, 0.2) is 0 Å². The summed E-state index contributed by atoms with van der Waals surface area (Å²) in [5.41, 5.74) is 3.68. The highest BCUT2D eigenvalue weighted by Gasteiger charge is 2.09. The lowest BCUT2D eigenvalue weighted by molar-refractivity contribution is 0.0945. The van der Waals surface area contributed by atoms with Gasteiger partial charge in [-0.1, -0.05) is 29.8 Å². The van der Waals surface area contributed by atoms with Crippen LogP contribution >= 0.6 is 0 Å². The summed E-state index contributed by atoms with van der Waals surface area (Å²) in [6.07, 6.45) is 1.64. The molecule has 4 nitrogen and oxygen atoms in total. The molecule has 2 rings (SSSR count). The Morgan fingerprint density at radius 1 is 1.29 bits per heavy atom. The third kappa shape index (κ3) is 2.72. The summed E-state index contributed by atoms with van der Waals surface area (Å²) >= 11 is 0. The standard InChI is InChI=1S/C13H15N3O/c1-9-3-5-11(6-4-9)8-14-13(17)12-10(2)7-15-16-12/h3-7H,8H2,1-2H3,(H,14,17)(H,15,16). The highest BCUT2D eigenvalue weighted by molar-refractivity contribution is 5.93. The molecule has 1 amide bonds. The Balaban J connectivity index is 1.97. The van der Waals surface area contributed by atoms with E-state index >= 15 is 0 Å². The molecule has 88 valence electrons. The fraction of sp³-hybridized carbons (Fsp3) is 0.231. The van der Waals surface area contributed by atoms with Gasteiger partial charge in [0.25, 0.3) is 5.91 Å². The Morgan fingerprint density at radius 2 is 2.00 bits per heavy atom. The Kier molecular flexibility index (Phi) is 3.23. The molecule has 0 fully saturated rings. The minimum atomic E-state index is -0.124. The van der Waals surface area contributed by atoms with Gasteiger partial charge in [0.05, 0.1) is 6.20 Å². The molecule has 0 spiro atoms. The molecule has 0 unspecified atom stereocenters. The van der Waals surface area contributed by atoms with Crippen LogP contribution in [0.4, 0.5) is 0 Å². The van der Waals surface area contributed by atoms with Crippen molar-refractivity contribution in [3.05, 3.63) is 52.8 Å². The summed E-state index contributed by atoms with van der Waals surface area (Å²) in [7, 11) is 0. The molecule has 17 heavy (non-hydrogen) atoms. The van der Waals surface area contributed by atoms with Gasteiger partial charge in [0.2, 0.25) is 0 Å². The predicted octanol–water partition coefficient (Wildman–Crippen LogP) is 1.96. The number of aromatic nitrogens is 2. The average molecular weight is 229 g/mol. The average Bonchev–Trinajstić information content (AvgIpc) is 2.74.